The van der Waals surface area contributed by atoms with Gasteiger partial charge >= 0.3 is 6.09 Å². The summed E-state index contributed by atoms with van der Waals surface area (Å²) in [6.45, 7) is 14.1. The minimum absolute atomic E-state index is 0.336. The van der Waals surface area contributed by atoms with E-state index in [9.17, 15) is 4.79 Å². The molecule has 1 rings (SSSR count). The second kappa shape index (κ2) is 10.3. The third kappa shape index (κ3) is 7.79. The topological polar surface area (TPSA) is 53.6 Å². The second-order valence-corrected chi connectivity index (χ2v) is 6.78. The van der Waals surface area contributed by atoms with Crippen LogP contribution in [0.1, 0.15) is 46.2 Å². The van der Waals surface area contributed by atoms with E-state index in [4.69, 9.17) is 4.74 Å². The first kappa shape index (κ1) is 20.5. The van der Waals surface area contributed by atoms with Crippen molar-refractivity contribution in [3.8, 4) is 0 Å². The van der Waals surface area contributed by atoms with Gasteiger partial charge in [0.25, 0.3) is 0 Å². The molecule has 24 heavy (non-hydrogen) atoms. The van der Waals surface area contributed by atoms with E-state index in [1.165, 1.54) is 5.56 Å². The van der Waals surface area contributed by atoms with Gasteiger partial charge in [-0.25, -0.2) is 4.79 Å². The van der Waals surface area contributed by atoms with Gasteiger partial charge in [0, 0.05) is 25.7 Å². The Labute approximate surface area is 146 Å². The van der Waals surface area contributed by atoms with E-state index in [1.54, 1.807) is 0 Å². The number of hydrogen-bond donors (Lipinski definition) is 2. The number of carbonyl (C=O) groups excluding carboxylic acids is 1. The van der Waals surface area contributed by atoms with E-state index in [0.717, 1.165) is 19.6 Å². The number of nitrogens with zero attached hydrogens (tertiary/aromatic N) is 1. The van der Waals surface area contributed by atoms with E-state index in [-0.39, 0.29) is 6.09 Å². The molecule has 0 heterocycles. The Morgan fingerprint density at radius 1 is 1.12 bits per heavy atom. The fraction of sp³-hybridized carbons (Fsp3) is 0.632. The molecule has 0 aliphatic heterocycles. The summed E-state index contributed by atoms with van der Waals surface area (Å²) in [5.41, 5.74) is 0.854. The molecule has 0 radical (unpaired) electrons. The lowest BCUT2D eigenvalue weighted by molar-refractivity contribution is 0.0528. The Bertz CT molecular complexity index is 467. The van der Waals surface area contributed by atoms with E-state index in [0.29, 0.717) is 19.1 Å². The summed E-state index contributed by atoms with van der Waals surface area (Å²) >= 11 is 0. The van der Waals surface area contributed by atoms with Crippen LogP contribution in [0.3, 0.4) is 0 Å². The van der Waals surface area contributed by atoms with E-state index < -0.39 is 5.60 Å². The maximum absolute atomic E-state index is 11.6. The van der Waals surface area contributed by atoms with Gasteiger partial charge < -0.3 is 15.4 Å². The molecule has 136 valence electrons. The van der Waals surface area contributed by atoms with Crippen molar-refractivity contribution >= 4 is 6.09 Å². The van der Waals surface area contributed by atoms with Gasteiger partial charge in [-0.1, -0.05) is 44.2 Å². The van der Waals surface area contributed by atoms with Gasteiger partial charge in [0.1, 0.15) is 5.60 Å². The van der Waals surface area contributed by atoms with Crippen molar-refractivity contribution in [1.29, 1.82) is 0 Å². The van der Waals surface area contributed by atoms with Crippen molar-refractivity contribution in [3.63, 3.8) is 0 Å². The third-order valence-electron chi connectivity index (χ3n) is 3.75. The summed E-state index contributed by atoms with van der Waals surface area (Å²) in [5, 5.41) is 6.21. The predicted octanol–water partition coefficient (Wildman–Crippen LogP) is 3.18. The first-order valence-electron chi connectivity index (χ1n) is 8.84. The fourth-order valence-electron chi connectivity index (χ4n) is 2.60. The van der Waals surface area contributed by atoms with Gasteiger partial charge in [0.05, 0.1) is 0 Å². The zero-order valence-corrected chi connectivity index (χ0v) is 15.8. The van der Waals surface area contributed by atoms with Gasteiger partial charge in [0.2, 0.25) is 0 Å². The molecule has 1 unspecified atom stereocenters. The molecule has 1 aromatic rings. The Hall–Kier alpha value is -1.59. The molecule has 0 saturated carbocycles. The van der Waals surface area contributed by atoms with Crippen LogP contribution in [0.4, 0.5) is 4.79 Å². The number of rotatable bonds is 9. The maximum Gasteiger partial charge on any atom is 0.407 e. The normalized spacial score (nSPS) is 12.9. The fourth-order valence-corrected chi connectivity index (χ4v) is 2.60. The van der Waals surface area contributed by atoms with E-state index >= 15 is 0 Å². The molecule has 5 heteroatoms. The molecule has 0 saturated heterocycles. The average molecular weight is 335 g/mol. The van der Waals surface area contributed by atoms with Crippen LogP contribution in [-0.4, -0.2) is 49.3 Å². The van der Waals surface area contributed by atoms with Crippen molar-refractivity contribution < 1.29 is 9.53 Å². The number of hydrogen-bond acceptors (Lipinski definition) is 4. The smallest absolute Gasteiger partial charge is 0.407 e. The van der Waals surface area contributed by atoms with E-state index in [2.05, 4.69) is 53.6 Å². The van der Waals surface area contributed by atoms with Crippen molar-refractivity contribution in [1.82, 2.24) is 15.5 Å². The van der Waals surface area contributed by atoms with Crippen molar-refractivity contribution in [2.75, 3.05) is 32.7 Å². The van der Waals surface area contributed by atoms with Gasteiger partial charge in [-0.15, -0.1) is 0 Å². The summed E-state index contributed by atoms with van der Waals surface area (Å²) in [5.74, 6) is 0. The molecule has 1 aromatic carbocycles. The quantitative estimate of drug-likeness (QED) is 0.681. The van der Waals surface area contributed by atoms with Crippen LogP contribution in [0.25, 0.3) is 0 Å². The van der Waals surface area contributed by atoms with Crippen LogP contribution >= 0.6 is 0 Å². The van der Waals surface area contributed by atoms with Gasteiger partial charge in [-0.05, 0) is 39.4 Å². The Balaban J connectivity index is 2.42. The lowest BCUT2D eigenvalue weighted by atomic mass is 10.1. The third-order valence-corrected chi connectivity index (χ3v) is 3.75. The van der Waals surface area contributed by atoms with Crippen LogP contribution in [0.2, 0.25) is 0 Å². The predicted molar refractivity (Wildman–Crippen MR) is 99.2 cm³/mol. The zero-order valence-electron chi connectivity index (χ0n) is 15.8. The summed E-state index contributed by atoms with van der Waals surface area (Å²) in [4.78, 5) is 14.0. The van der Waals surface area contributed by atoms with Gasteiger partial charge in [0.15, 0.2) is 0 Å². The monoisotopic (exact) mass is 335 g/mol. The van der Waals surface area contributed by atoms with Crippen LogP contribution in [0, 0.1) is 0 Å². The average Bonchev–Trinajstić information content (AvgIpc) is 2.53. The molecule has 0 fully saturated rings. The summed E-state index contributed by atoms with van der Waals surface area (Å²) in [6, 6.07) is 10.9. The summed E-state index contributed by atoms with van der Waals surface area (Å²) in [7, 11) is 0. The highest BCUT2D eigenvalue weighted by Crippen LogP contribution is 2.19. The SMILES string of the molecule is CCN(CC)C(CNCCNC(=O)OC(C)(C)C)c1ccccc1. The van der Waals surface area contributed by atoms with Crippen LogP contribution in [0.5, 0.6) is 0 Å². The minimum atomic E-state index is -0.460. The molecule has 0 spiro atoms. The summed E-state index contributed by atoms with van der Waals surface area (Å²) in [6.07, 6.45) is -0.368. The highest BCUT2D eigenvalue weighted by Gasteiger charge is 2.18. The molecule has 0 aliphatic carbocycles. The molecule has 1 atom stereocenters. The number of benzene rings is 1. The molecule has 5 nitrogen and oxygen atoms in total. The van der Waals surface area contributed by atoms with Gasteiger partial charge in [-0.2, -0.15) is 0 Å². The molecule has 0 aromatic heterocycles. The van der Waals surface area contributed by atoms with Crippen LogP contribution < -0.4 is 10.6 Å². The number of nitrogens with one attached hydrogen (secondary N) is 2. The molecule has 0 aliphatic rings. The number of alkyl carbamates (subject to hydrolysis) is 1. The van der Waals surface area contributed by atoms with Crippen molar-refractivity contribution in [2.24, 2.45) is 0 Å². The van der Waals surface area contributed by atoms with E-state index in [1.807, 2.05) is 26.8 Å². The van der Waals surface area contributed by atoms with Crippen molar-refractivity contribution in [3.05, 3.63) is 35.9 Å². The lowest BCUT2D eigenvalue weighted by Gasteiger charge is -2.30. The number of likely N-dealkylation sites (N-methyl/N-ethyl adjacent to an activating group) is 1. The van der Waals surface area contributed by atoms with Crippen molar-refractivity contribution in [2.45, 2.75) is 46.3 Å². The highest BCUT2D eigenvalue weighted by atomic mass is 16.6. The number of carbonyl (C=O) groups is 1. The van der Waals surface area contributed by atoms with Gasteiger partial charge in [-0.3, -0.25) is 4.90 Å². The Kier molecular flexibility index (Phi) is 8.79. The Morgan fingerprint density at radius 2 is 1.75 bits per heavy atom. The second-order valence-electron chi connectivity index (χ2n) is 6.78. The van der Waals surface area contributed by atoms with Crippen LogP contribution in [0.15, 0.2) is 30.3 Å². The molecular weight excluding hydrogens is 302 g/mol. The summed E-state index contributed by atoms with van der Waals surface area (Å²) < 4.78 is 5.22. The molecular formula is C19H33N3O2. The molecule has 2 N–H and O–H groups in total. The highest BCUT2D eigenvalue weighted by molar-refractivity contribution is 5.67. The molecule has 1 amide bonds. The Morgan fingerprint density at radius 3 is 2.29 bits per heavy atom. The largest absolute Gasteiger partial charge is 0.444 e. The first-order chi connectivity index (χ1) is 11.4. The van der Waals surface area contributed by atoms with Crippen LogP contribution in [-0.2, 0) is 4.74 Å². The first-order valence-corrected chi connectivity index (χ1v) is 8.84. The zero-order chi connectivity index (χ0) is 18.0. The minimum Gasteiger partial charge on any atom is -0.444 e. The number of amides is 1. The standard InChI is InChI=1S/C19H33N3O2/c1-6-22(7-2)17(16-11-9-8-10-12-16)15-20-13-14-21-18(23)24-19(3,4)5/h8-12,17,20H,6-7,13-15H2,1-5H3,(H,21,23). The lowest BCUT2D eigenvalue weighted by Crippen LogP contribution is -2.40. The maximum atomic E-state index is 11.6. The number of ether oxygens (including phenoxy) is 1. The molecule has 0 bridgehead atoms.